The van der Waals surface area contributed by atoms with E-state index in [0.29, 0.717) is 17.8 Å². The third-order valence-electron chi connectivity index (χ3n) is 3.44. The lowest BCUT2D eigenvalue weighted by Crippen LogP contribution is -2.27. The van der Waals surface area contributed by atoms with Gasteiger partial charge in [-0.15, -0.1) is 0 Å². The highest BCUT2D eigenvalue weighted by molar-refractivity contribution is 5.96. The van der Waals surface area contributed by atoms with Gasteiger partial charge in [-0.05, 0) is 31.5 Å². The van der Waals surface area contributed by atoms with E-state index in [1.165, 1.54) is 0 Å². The Labute approximate surface area is 119 Å². The number of nitrogens with zero attached hydrogens (tertiary/aromatic N) is 3. The van der Waals surface area contributed by atoms with Crippen LogP contribution in [-0.2, 0) is 13.6 Å². The number of hydrogen-bond acceptors (Lipinski definition) is 3. The van der Waals surface area contributed by atoms with Crippen molar-refractivity contribution in [1.29, 1.82) is 0 Å². The van der Waals surface area contributed by atoms with Gasteiger partial charge in [-0.25, -0.2) is 0 Å². The van der Waals surface area contributed by atoms with Gasteiger partial charge in [0.1, 0.15) is 0 Å². The van der Waals surface area contributed by atoms with Crippen LogP contribution < -0.4 is 5.73 Å². The van der Waals surface area contributed by atoms with E-state index in [-0.39, 0.29) is 5.91 Å². The molecule has 0 aliphatic heterocycles. The van der Waals surface area contributed by atoms with Crippen LogP contribution in [0.4, 0.5) is 5.69 Å². The Kier molecular flexibility index (Phi) is 3.79. The fourth-order valence-electron chi connectivity index (χ4n) is 2.31. The third-order valence-corrected chi connectivity index (χ3v) is 3.44. The van der Waals surface area contributed by atoms with Gasteiger partial charge in [-0.3, -0.25) is 9.48 Å². The van der Waals surface area contributed by atoms with Gasteiger partial charge in [0.15, 0.2) is 0 Å². The number of aromatic nitrogens is 2. The summed E-state index contributed by atoms with van der Waals surface area (Å²) in [5.41, 5.74) is 9.80. The number of carbonyl (C=O) groups excluding carboxylic acids is 1. The maximum Gasteiger partial charge on any atom is 0.257 e. The van der Waals surface area contributed by atoms with Gasteiger partial charge in [-0.1, -0.05) is 12.1 Å². The van der Waals surface area contributed by atoms with E-state index >= 15 is 0 Å². The molecule has 1 heterocycles. The van der Waals surface area contributed by atoms with Crippen LogP contribution in [0.1, 0.15) is 27.3 Å². The highest BCUT2D eigenvalue weighted by atomic mass is 16.2. The largest absolute Gasteiger partial charge is 0.399 e. The molecule has 0 saturated heterocycles. The second-order valence-electron chi connectivity index (χ2n) is 5.08. The fourth-order valence-corrected chi connectivity index (χ4v) is 2.31. The summed E-state index contributed by atoms with van der Waals surface area (Å²) in [6.45, 7) is 4.29. The molecular formula is C15H20N4O. The number of anilines is 1. The second kappa shape index (κ2) is 5.36. The molecular weight excluding hydrogens is 252 g/mol. The lowest BCUT2D eigenvalue weighted by atomic mass is 10.1. The summed E-state index contributed by atoms with van der Waals surface area (Å²) >= 11 is 0. The van der Waals surface area contributed by atoms with Crippen molar-refractivity contribution in [3.63, 3.8) is 0 Å². The Morgan fingerprint density at radius 3 is 2.65 bits per heavy atom. The molecule has 0 unspecified atom stereocenters. The molecule has 1 aromatic carbocycles. The van der Waals surface area contributed by atoms with E-state index in [0.717, 1.165) is 17.0 Å². The maximum atomic E-state index is 12.5. The van der Waals surface area contributed by atoms with Crippen molar-refractivity contribution in [2.45, 2.75) is 20.4 Å². The first-order valence-corrected chi connectivity index (χ1v) is 6.50. The molecule has 0 aliphatic carbocycles. The van der Waals surface area contributed by atoms with Crippen molar-refractivity contribution in [3.8, 4) is 0 Å². The topological polar surface area (TPSA) is 64.2 Å². The summed E-state index contributed by atoms with van der Waals surface area (Å²) in [5, 5.41) is 4.28. The highest BCUT2D eigenvalue weighted by Crippen LogP contribution is 2.16. The number of rotatable bonds is 3. The van der Waals surface area contributed by atoms with Crippen molar-refractivity contribution >= 4 is 11.6 Å². The molecule has 0 fully saturated rings. The molecule has 5 nitrogen and oxygen atoms in total. The highest BCUT2D eigenvalue weighted by Gasteiger charge is 2.20. The first kappa shape index (κ1) is 14.1. The second-order valence-corrected chi connectivity index (χ2v) is 5.08. The van der Waals surface area contributed by atoms with E-state index in [9.17, 15) is 4.79 Å². The predicted octanol–water partition coefficient (Wildman–Crippen LogP) is 1.89. The number of nitrogen functional groups attached to an aromatic ring is 1. The molecule has 2 rings (SSSR count). The zero-order valence-electron chi connectivity index (χ0n) is 12.3. The predicted molar refractivity (Wildman–Crippen MR) is 79.3 cm³/mol. The lowest BCUT2D eigenvalue weighted by molar-refractivity contribution is 0.0783. The minimum absolute atomic E-state index is 0.0180. The summed E-state index contributed by atoms with van der Waals surface area (Å²) in [5.74, 6) is -0.0180. The molecule has 0 radical (unpaired) electrons. The van der Waals surface area contributed by atoms with Gasteiger partial charge in [0.05, 0.1) is 11.3 Å². The van der Waals surface area contributed by atoms with Crippen LogP contribution >= 0.6 is 0 Å². The molecule has 0 saturated carbocycles. The number of nitrogens with two attached hydrogens (primary N) is 1. The molecule has 2 N–H and O–H groups in total. The molecule has 106 valence electrons. The van der Waals surface area contributed by atoms with Crippen LogP contribution in [0.25, 0.3) is 0 Å². The number of aryl methyl sites for hydroxylation is 2. The quantitative estimate of drug-likeness (QED) is 0.868. The van der Waals surface area contributed by atoms with Crippen LogP contribution in [-0.4, -0.2) is 27.6 Å². The minimum atomic E-state index is -0.0180. The van der Waals surface area contributed by atoms with Gasteiger partial charge in [0.25, 0.3) is 5.91 Å². The van der Waals surface area contributed by atoms with E-state index in [2.05, 4.69) is 5.10 Å². The molecule has 1 aromatic heterocycles. The average Bonchev–Trinajstić information content (AvgIpc) is 2.62. The number of amides is 1. The number of hydrogen-bond donors (Lipinski definition) is 1. The van der Waals surface area contributed by atoms with E-state index in [4.69, 9.17) is 5.73 Å². The third kappa shape index (κ3) is 2.66. The van der Waals surface area contributed by atoms with Gasteiger partial charge in [-0.2, -0.15) is 5.10 Å². The first-order valence-electron chi connectivity index (χ1n) is 6.50. The lowest BCUT2D eigenvalue weighted by Gasteiger charge is -2.17. The maximum absolute atomic E-state index is 12.5. The van der Waals surface area contributed by atoms with E-state index in [1.807, 2.05) is 45.2 Å². The molecule has 5 heteroatoms. The summed E-state index contributed by atoms with van der Waals surface area (Å²) in [6, 6.07) is 7.57. The molecule has 0 atom stereocenters. The van der Waals surface area contributed by atoms with Crippen LogP contribution in [0.5, 0.6) is 0 Å². The Bertz CT molecular complexity index is 645. The van der Waals surface area contributed by atoms with E-state index in [1.54, 1.807) is 16.6 Å². The number of carbonyl (C=O) groups is 1. The normalized spacial score (nSPS) is 10.6. The molecule has 1 amide bonds. The van der Waals surface area contributed by atoms with Crippen molar-refractivity contribution in [2.24, 2.45) is 7.05 Å². The smallest absolute Gasteiger partial charge is 0.257 e. The molecule has 0 bridgehead atoms. The van der Waals surface area contributed by atoms with Crippen molar-refractivity contribution < 1.29 is 4.79 Å². The van der Waals surface area contributed by atoms with Crippen LogP contribution in [0, 0.1) is 13.8 Å². The molecule has 0 aliphatic rings. The number of benzene rings is 1. The average molecular weight is 272 g/mol. The summed E-state index contributed by atoms with van der Waals surface area (Å²) in [6.07, 6.45) is 0. The summed E-state index contributed by atoms with van der Waals surface area (Å²) < 4.78 is 1.73. The Morgan fingerprint density at radius 2 is 2.10 bits per heavy atom. The van der Waals surface area contributed by atoms with Crippen molar-refractivity contribution in [2.75, 3.05) is 12.8 Å². The SMILES string of the molecule is Cc1nn(C)c(C)c1C(=O)N(C)Cc1cccc(N)c1. The van der Waals surface area contributed by atoms with Crippen molar-refractivity contribution in [3.05, 3.63) is 46.8 Å². The monoisotopic (exact) mass is 272 g/mol. The minimum Gasteiger partial charge on any atom is -0.399 e. The van der Waals surface area contributed by atoms with Gasteiger partial charge < -0.3 is 10.6 Å². The summed E-state index contributed by atoms with van der Waals surface area (Å²) in [7, 11) is 3.63. The van der Waals surface area contributed by atoms with Gasteiger partial charge >= 0.3 is 0 Å². The van der Waals surface area contributed by atoms with Crippen LogP contribution in [0.15, 0.2) is 24.3 Å². The zero-order chi connectivity index (χ0) is 14.9. The van der Waals surface area contributed by atoms with Gasteiger partial charge in [0.2, 0.25) is 0 Å². The molecule has 20 heavy (non-hydrogen) atoms. The summed E-state index contributed by atoms with van der Waals surface area (Å²) in [4.78, 5) is 14.2. The van der Waals surface area contributed by atoms with Crippen LogP contribution in [0.2, 0.25) is 0 Å². The van der Waals surface area contributed by atoms with Gasteiger partial charge in [0, 0.05) is 32.0 Å². The first-order chi connectivity index (χ1) is 9.40. The Hall–Kier alpha value is -2.30. The van der Waals surface area contributed by atoms with E-state index < -0.39 is 0 Å². The Balaban J connectivity index is 2.21. The standard InChI is InChI=1S/C15H20N4O/c1-10-14(11(2)19(4)17-10)15(20)18(3)9-12-6-5-7-13(16)8-12/h5-8H,9,16H2,1-4H3. The van der Waals surface area contributed by atoms with Crippen LogP contribution in [0.3, 0.4) is 0 Å². The Morgan fingerprint density at radius 1 is 1.40 bits per heavy atom. The molecule has 2 aromatic rings. The molecule has 0 spiro atoms. The fraction of sp³-hybridized carbons (Fsp3) is 0.333. The van der Waals surface area contributed by atoms with Crippen molar-refractivity contribution in [1.82, 2.24) is 14.7 Å². The zero-order valence-corrected chi connectivity index (χ0v) is 12.3.